The first kappa shape index (κ1) is 19.6. The fraction of sp³-hybridized carbons (Fsp3) is 0.200. The van der Waals surface area contributed by atoms with E-state index >= 15 is 0 Å². The van der Waals surface area contributed by atoms with Crippen molar-refractivity contribution >= 4 is 16.8 Å². The highest BCUT2D eigenvalue weighted by Gasteiger charge is 2.71. The summed E-state index contributed by atoms with van der Waals surface area (Å²) in [5.41, 5.74) is 7.87. The van der Waals surface area contributed by atoms with E-state index in [9.17, 15) is 0 Å². The number of nitrogens with zero attached hydrogens (tertiary/aromatic N) is 1. The normalized spacial score (nSPS) is 26.8. The second-order valence-corrected chi connectivity index (χ2v) is 8.89. The molecule has 31 heavy (non-hydrogen) atoms. The largest absolute Gasteiger partial charge is 0.337 e. The van der Waals surface area contributed by atoms with Crippen molar-refractivity contribution in [2.24, 2.45) is 5.41 Å². The fourth-order valence-corrected chi connectivity index (χ4v) is 5.31. The first-order valence-corrected chi connectivity index (χ1v) is 11.1. The van der Waals surface area contributed by atoms with E-state index in [4.69, 9.17) is 0 Å². The number of anilines is 1. The van der Waals surface area contributed by atoms with Crippen LogP contribution in [0.3, 0.4) is 0 Å². The molecule has 2 atom stereocenters. The standard InChI is InChI=1S/C30H29N/c1-4-11-27(20-23(2)25-12-7-5-8-13-25)26-14-16-28(17-15-26)31-21-24(3)29-18-9-6-10-19-30(29,31)22-29/h4-5,7-21H,1,6,22H2,2-3H3/b23-20+,27-11+. The van der Waals surface area contributed by atoms with Gasteiger partial charge in [0.1, 0.15) is 0 Å². The van der Waals surface area contributed by atoms with Crippen LogP contribution in [0.2, 0.25) is 0 Å². The van der Waals surface area contributed by atoms with Gasteiger partial charge >= 0.3 is 0 Å². The molecule has 154 valence electrons. The monoisotopic (exact) mass is 403 g/mol. The Kier molecular flexibility index (Phi) is 4.70. The topological polar surface area (TPSA) is 3.24 Å². The summed E-state index contributed by atoms with van der Waals surface area (Å²) in [4.78, 5) is 2.49. The van der Waals surface area contributed by atoms with E-state index in [0.29, 0.717) is 0 Å². The predicted octanol–water partition coefficient (Wildman–Crippen LogP) is 7.73. The Hall–Kier alpha value is -3.32. The summed E-state index contributed by atoms with van der Waals surface area (Å²) >= 11 is 0. The Morgan fingerprint density at radius 1 is 0.968 bits per heavy atom. The van der Waals surface area contributed by atoms with Crippen LogP contribution in [-0.4, -0.2) is 5.54 Å². The Balaban J connectivity index is 1.45. The van der Waals surface area contributed by atoms with Crippen LogP contribution in [0.25, 0.3) is 11.1 Å². The van der Waals surface area contributed by atoms with Gasteiger partial charge in [0.25, 0.3) is 0 Å². The molecule has 0 N–H and O–H groups in total. The van der Waals surface area contributed by atoms with E-state index in [1.165, 1.54) is 40.0 Å². The first-order valence-electron chi connectivity index (χ1n) is 11.1. The molecular weight excluding hydrogens is 374 g/mol. The van der Waals surface area contributed by atoms with Crippen molar-refractivity contribution in [2.45, 2.75) is 32.2 Å². The van der Waals surface area contributed by atoms with Crippen LogP contribution < -0.4 is 4.90 Å². The van der Waals surface area contributed by atoms with E-state index in [1.807, 2.05) is 6.08 Å². The van der Waals surface area contributed by atoms with Crippen molar-refractivity contribution in [3.63, 3.8) is 0 Å². The van der Waals surface area contributed by atoms with Crippen LogP contribution in [0.15, 0.2) is 115 Å². The van der Waals surface area contributed by atoms with E-state index in [-0.39, 0.29) is 11.0 Å². The maximum atomic E-state index is 3.93. The van der Waals surface area contributed by atoms with Gasteiger partial charge in [-0.1, -0.05) is 91.6 Å². The zero-order valence-electron chi connectivity index (χ0n) is 18.4. The average molecular weight is 404 g/mol. The van der Waals surface area contributed by atoms with Crippen LogP contribution >= 0.6 is 0 Å². The van der Waals surface area contributed by atoms with Crippen LogP contribution in [0.4, 0.5) is 5.69 Å². The quantitative estimate of drug-likeness (QED) is 0.365. The molecule has 2 unspecified atom stereocenters. The third kappa shape index (κ3) is 3.08. The molecule has 2 aliphatic carbocycles. The van der Waals surface area contributed by atoms with E-state index in [1.54, 1.807) is 0 Å². The fourth-order valence-electron chi connectivity index (χ4n) is 5.31. The Morgan fingerprint density at radius 3 is 2.45 bits per heavy atom. The van der Waals surface area contributed by atoms with E-state index in [2.05, 4.69) is 123 Å². The maximum Gasteiger partial charge on any atom is 0.0769 e. The van der Waals surface area contributed by atoms with Gasteiger partial charge in [-0.3, -0.25) is 0 Å². The molecule has 1 aliphatic heterocycles. The highest BCUT2D eigenvalue weighted by Crippen LogP contribution is 2.70. The Bertz CT molecular complexity index is 1160. The summed E-state index contributed by atoms with van der Waals surface area (Å²) in [6, 6.07) is 19.5. The van der Waals surface area contributed by atoms with Crippen molar-refractivity contribution < 1.29 is 0 Å². The van der Waals surface area contributed by atoms with Gasteiger partial charge in [0.05, 0.1) is 5.54 Å². The van der Waals surface area contributed by atoms with Gasteiger partial charge < -0.3 is 4.90 Å². The molecule has 1 fully saturated rings. The van der Waals surface area contributed by atoms with E-state index < -0.39 is 0 Å². The second kappa shape index (κ2) is 7.42. The summed E-state index contributed by atoms with van der Waals surface area (Å²) in [5, 5.41) is 0. The van der Waals surface area contributed by atoms with Crippen LogP contribution in [0.5, 0.6) is 0 Å². The lowest BCUT2D eigenvalue weighted by molar-refractivity contribution is 0.688. The van der Waals surface area contributed by atoms with Gasteiger partial charge in [-0.25, -0.2) is 0 Å². The molecule has 3 aliphatic rings. The van der Waals surface area contributed by atoms with Crippen molar-refractivity contribution in [1.29, 1.82) is 0 Å². The molecule has 0 radical (unpaired) electrons. The number of rotatable bonds is 5. The molecule has 0 saturated heterocycles. The summed E-state index contributed by atoms with van der Waals surface area (Å²) < 4.78 is 0. The zero-order valence-corrected chi connectivity index (χ0v) is 18.4. The molecule has 1 heterocycles. The molecule has 1 saturated carbocycles. The SMILES string of the molecule is C=C/C=C(\C=C(/C)c1ccccc1)c1ccc(N2C=C(C)C34C=CCC=CC23C4)cc1. The summed E-state index contributed by atoms with van der Waals surface area (Å²) in [5.74, 6) is 0. The van der Waals surface area contributed by atoms with Crippen molar-refractivity contribution in [3.05, 3.63) is 127 Å². The molecule has 0 aromatic heterocycles. The molecule has 5 rings (SSSR count). The molecule has 1 heteroatoms. The van der Waals surface area contributed by atoms with Gasteiger partial charge in [0.15, 0.2) is 0 Å². The maximum absolute atomic E-state index is 3.93. The lowest BCUT2D eigenvalue weighted by Gasteiger charge is -2.27. The van der Waals surface area contributed by atoms with E-state index in [0.717, 1.165) is 6.42 Å². The minimum atomic E-state index is 0.0924. The van der Waals surface area contributed by atoms with Crippen LogP contribution in [0.1, 0.15) is 37.8 Å². The van der Waals surface area contributed by atoms with Crippen molar-refractivity contribution in [3.8, 4) is 0 Å². The van der Waals surface area contributed by atoms with Crippen LogP contribution in [-0.2, 0) is 0 Å². The smallest absolute Gasteiger partial charge is 0.0769 e. The van der Waals surface area contributed by atoms with Crippen molar-refractivity contribution in [2.75, 3.05) is 4.90 Å². The predicted molar refractivity (Wildman–Crippen MR) is 134 cm³/mol. The lowest BCUT2D eigenvalue weighted by atomic mass is 9.94. The van der Waals surface area contributed by atoms with Gasteiger partial charge in [-0.15, -0.1) is 0 Å². The third-order valence-corrected chi connectivity index (χ3v) is 7.10. The average Bonchev–Trinajstić information content (AvgIpc) is 3.43. The molecular formula is C30H29N. The highest BCUT2D eigenvalue weighted by molar-refractivity contribution is 5.84. The number of hydrogen-bond acceptors (Lipinski definition) is 1. The van der Waals surface area contributed by atoms with Gasteiger partial charge in [-0.05, 0) is 66.7 Å². The first-order chi connectivity index (χ1) is 15.1. The van der Waals surface area contributed by atoms with Crippen LogP contribution in [0, 0.1) is 5.41 Å². The van der Waals surface area contributed by atoms with Gasteiger partial charge in [0.2, 0.25) is 0 Å². The molecule has 1 nitrogen and oxygen atoms in total. The highest BCUT2D eigenvalue weighted by atomic mass is 15.3. The lowest BCUT2D eigenvalue weighted by Crippen LogP contribution is -2.31. The summed E-state index contributed by atoms with van der Waals surface area (Å²) in [6.45, 7) is 8.37. The van der Waals surface area contributed by atoms with Crippen molar-refractivity contribution in [1.82, 2.24) is 0 Å². The molecule has 2 aromatic rings. The zero-order chi connectivity index (χ0) is 21.5. The second-order valence-electron chi connectivity index (χ2n) is 8.89. The van der Waals surface area contributed by atoms with Gasteiger partial charge in [0, 0.05) is 17.3 Å². The number of benzene rings is 2. The molecule has 0 spiro atoms. The minimum absolute atomic E-state index is 0.0924. The summed E-state index contributed by atoms with van der Waals surface area (Å²) in [6.07, 6.45) is 20.3. The Morgan fingerprint density at radius 2 is 1.71 bits per heavy atom. The number of hydrogen-bond donors (Lipinski definition) is 0. The molecule has 2 aromatic carbocycles. The van der Waals surface area contributed by atoms with Gasteiger partial charge in [-0.2, -0.15) is 0 Å². The molecule has 0 amide bonds. The summed E-state index contributed by atoms with van der Waals surface area (Å²) in [7, 11) is 0. The minimum Gasteiger partial charge on any atom is -0.337 e. The third-order valence-electron chi connectivity index (χ3n) is 7.10. The molecule has 0 bridgehead atoms. The Labute approximate surface area is 186 Å². The number of allylic oxidation sites excluding steroid dienone is 7.